The largest absolute Gasteiger partial charge is 0.546 e. The smallest absolute Gasteiger partial charge is 0.250 e. The highest BCUT2D eigenvalue weighted by Gasteiger charge is 2.40. The second-order valence-electron chi connectivity index (χ2n) is 7.73. The van der Waals surface area contributed by atoms with Crippen molar-refractivity contribution >= 4 is 8.32 Å². The van der Waals surface area contributed by atoms with Gasteiger partial charge in [0, 0.05) is 5.92 Å². The van der Waals surface area contributed by atoms with Gasteiger partial charge in [0.05, 0.1) is 12.9 Å². The molecule has 1 aliphatic rings. The average Bonchev–Trinajstić information content (AvgIpc) is 2.46. The molecule has 0 amide bonds. The van der Waals surface area contributed by atoms with Crippen LogP contribution < -0.4 is 4.74 Å². The van der Waals surface area contributed by atoms with Crippen LogP contribution >= 0.6 is 0 Å². The Labute approximate surface area is 136 Å². The molecule has 22 heavy (non-hydrogen) atoms. The molecule has 0 bridgehead atoms. The molecule has 0 saturated carbocycles. The van der Waals surface area contributed by atoms with E-state index in [0.29, 0.717) is 5.92 Å². The van der Waals surface area contributed by atoms with Gasteiger partial charge in [-0.25, -0.2) is 0 Å². The molecule has 0 radical (unpaired) electrons. The second kappa shape index (κ2) is 6.49. The summed E-state index contributed by atoms with van der Waals surface area (Å²) in [5.74, 6) is 2.51. The minimum absolute atomic E-state index is 0.232. The van der Waals surface area contributed by atoms with Crippen LogP contribution in [0.25, 0.3) is 0 Å². The molecular weight excluding hydrogens is 288 g/mol. The fourth-order valence-electron chi connectivity index (χ4n) is 2.58. The maximum atomic E-state index is 6.64. The lowest BCUT2D eigenvalue weighted by molar-refractivity contribution is 0.330. The highest BCUT2D eigenvalue weighted by atomic mass is 28.4. The van der Waals surface area contributed by atoms with Crippen molar-refractivity contribution in [2.75, 3.05) is 7.11 Å². The summed E-state index contributed by atoms with van der Waals surface area (Å²) in [6, 6.07) is 8.46. The SMILES string of the molecule is COc1ccc([C@H]2CCCC=C2O[Si](C)(C)C(C)(C)C)cc1. The van der Waals surface area contributed by atoms with E-state index in [2.05, 4.69) is 52.1 Å². The molecule has 0 N–H and O–H groups in total. The zero-order valence-corrected chi connectivity index (χ0v) is 15.9. The summed E-state index contributed by atoms with van der Waals surface area (Å²) in [5, 5.41) is 0.232. The summed E-state index contributed by atoms with van der Waals surface area (Å²) in [6.45, 7) is 11.5. The molecule has 1 atom stereocenters. The summed E-state index contributed by atoms with van der Waals surface area (Å²) in [6.07, 6.45) is 5.86. The standard InChI is InChI=1S/C19H30O2Si/c1-19(2,3)22(5,6)21-18-10-8-7-9-17(18)15-11-13-16(20-4)14-12-15/h10-14,17H,7-9H2,1-6H3/t17-/m1/s1. The second-order valence-corrected chi connectivity index (χ2v) is 12.5. The van der Waals surface area contributed by atoms with Gasteiger partial charge in [0.2, 0.25) is 8.32 Å². The van der Waals surface area contributed by atoms with Crippen molar-refractivity contribution < 1.29 is 9.16 Å². The van der Waals surface area contributed by atoms with Gasteiger partial charge in [-0.3, -0.25) is 0 Å². The zero-order chi connectivity index (χ0) is 16.4. The van der Waals surface area contributed by atoms with Crippen molar-refractivity contribution in [2.24, 2.45) is 0 Å². The quantitative estimate of drug-likeness (QED) is 0.646. The highest BCUT2D eigenvalue weighted by molar-refractivity contribution is 6.74. The molecule has 0 fully saturated rings. The summed E-state index contributed by atoms with van der Waals surface area (Å²) in [5.41, 5.74) is 1.34. The molecule has 2 nitrogen and oxygen atoms in total. The Hall–Kier alpha value is -1.22. The summed E-state index contributed by atoms with van der Waals surface area (Å²) < 4.78 is 11.9. The number of hydrogen-bond donors (Lipinski definition) is 0. The number of methoxy groups -OCH3 is 1. The third kappa shape index (κ3) is 3.75. The van der Waals surface area contributed by atoms with Crippen molar-refractivity contribution in [3.8, 4) is 5.75 Å². The lowest BCUT2D eigenvalue weighted by Crippen LogP contribution is -2.41. The van der Waals surface area contributed by atoms with Gasteiger partial charge in [0.15, 0.2) is 0 Å². The van der Waals surface area contributed by atoms with Crippen LogP contribution in [0.1, 0.15) is 51.5 Å². The first-order valence-electron chi connectivity index (χ1n) is 8.27. The Morgan fingerprint density at radius 3 is 2.27 bits per heavy atom. The normalized spacial score (nSPS) is 19.5. The molecule has 0 aromatic heterocycles. The van der Waals surface area contributed by atoms with E-state index < -0.39 is 8.32 Å². The lowest BCUT2D eigenvalue weighted by Gasteiger charge is -2.40. The molecule has 0 saturated heterocycles. The minimum Gasteiger partial charge on any atom is -0.546 e. The van der Waals surface area contributed by atoms with E-state index in [0.717, 1.165) is 12.2 Å². The first-order chi connectivity index (χ1) is 10.2. The molecule has 2 rings (SSSR count). The maximum absolute atomic E-state index is 6.64. The van der Waals surface area contributed by atoms with Crippen LogP contribution in [0.5, 0.6) is 5.75 Å². The molecule has 0 aliphatic heterocycles. The van der Waals surface area contributed by atoms with Gasteiger partial charge < -0.3 is 9.16 Å². The van der Waals surface area contributed by atoms with E-state index in [9.17, 15) is 0 Å². The van der Waals surface area contributed by atoms with Crippen molar-refractivity contribution in [3.05, 3.63) is 41.7 Å². The first-order valence-corrected chi connectivity index (χ1v) is 11.2. The third-order valence-electron chi connectivity index (χ3n) is 5.08. The maximum Gasteiger partial charge on any atom is 0.250 e. The van der Waals surface area contributed by atoms with E-state index in [1.165, 1.54) is 24.2 Å². The molecule has 122 valence electrons. The average molecular weight is 319 g/mol. The summed E-state index contributed by atoms with van der Waals surface area (Å²) >= 11 is 0. The third-order valence-corrected chi connectivity index (χ3v) is 9.44. The van der Waals surface area contributed by atoms with Gasteiger partial charge in [-0.2, -0.15) is 0 Å². The Morgan fingerprint density at radius 2 is 1.73 bits per heavy atom. The molecule has 0 heterocycles. The van der Waals surface area contributed by atoms with Gasteiger partial charge in [-0.1, -0.05) is 32.9 Å². The molecule has 1 aromatic carbocycles. The van der Waals surface area contributed by atoms with Crippen LogP contribution in [0.15, 0.2) is 36.1 Å². The predicted octanol–water partition coefficient (Wildman–Crippen LogP) is 5.87. The monoisotopic (exact) mass is 318 g/mol. The molecular formula is C19H30O2Si. The zero-order valence-electron chi connectivity index (χ0n) is 14.9. The highest BCUT2D eigenvalue weighted by Crippen LogP contribution is 2.43. The summed E-state index contributed by atoms with van der Waals surface area (Å²) in [7, 11) is -0.0679. The van der Waals surface area contributed by atoms with Crippen molar-refractivity contribution in [1.29, 1.82) is 0 Å². The fourth-order valence-corrected chi connectivity index (χ4v) is 3.70. The van der Waals surface area contributed by atoms with Crippen LogP contribution in [0.2, 0.25) is 18.1 Å². The van der Waals surface area contributed by atoms with Crippen LogP contribution in [0.3, 0.4) is 0 Å². The Balaban J connectivity index is 2.23. The van der Waals surface area contributed by atoms with Crippen LogP contribution in [-0.4, -0.2) is 15.4 Å². The Kier molecular flexibility index (Phi) is 5.06. The molecule has 0 unspecified atom stereocenters. The van der Waals surface area contributed by atoms with Crippen LogP contribution in [0, 0.1) is 0 Å². The van der Waals surface area contributed by atoms with Crippen molar-refractivity contribution in [2.45, 2.75) is 64.1 Å². The fraction of sp³-hybridized carbons (Fsp3) is 0.579. The number of ether oxygens (including phenoxy) is 1. The van der Waals surface area contributed by atoms with Crippen molar-refractivity contribution in [3.63, 3.8) is 0 Å². The number of hydrogen-bond acceptors (Lipinski definition) is 2. The first kappa shape index (κ1) is 17.1. The van der Waals surface area contributed by atoms with Gasteiger partial charge in [0.25, 0.3) is 0 Å². The van der Waals surface area contributed by atoms with E-state index >= 15 is 0 Å². The molecule has 3 heteroatoms. The van der Waals surface area contributed by atoms with E-state index in [1.54, 1.807) is 7.11 Å². The topological polar surface area (TPSA) is 18.5 Å². The van der Waals surface area contributed by atoms with Crippen LogP contribution in [-0.2, 0) is 4.43 Å². The van der Waals surface area contributed by atoms with E-state index in [4.69, 9.17) is 9.16 Å². The van der Waals surface area contributed by atoms with Gasteiger partial charge in [-0.15, -0.1) is 0 Å². The number of benzene rings is 1. The molecule has 1 aromatic rings. The van der Waals surface area contributed by atoms with E-state index in [1.807, 2.05) is 12.1 Å². The summed E-state index contributed by atoms with van der Waals surface area (Å²) in [4.78, 5) is 0. The van der Waals surface area contributed by atoms with E-state index in [-0.39, 0.29) is 5.04 Å². The minimum atomic E-state index is -1.78. The predicted molar refractivity (Wildman–Crippen MR) is 96.0 cm³/mol. The Morgan fingerprint density at radius 1 is 1.09 bits per heavy atom. The van der Waals surface area contributed by atoms with Crippen molar-refractivity contribution in [1.82, 2.24) is 0 Å². The Bertz CT molecular complexity index is 523. The van der Waals surface area contributed by atoms with Gasteiger partial charge in [-0.05, 0) is 61.2 Å². The number of rotatable bonds is 4. The van der Waals surface area contributed by atoms with Gasteiger partial charge in [0.1, 0.15) is 5.75 Å². The van der Waals surface area contributed by atoms with Gasteiger partial charge >= 0.3 is 0 Å². The molecule has 1 aliphatic carbocycles. The van der Waals surface area contributed by atoms with Crippen LogP contribution in [0.4, 0.5) is 0 Å². The molecule has 0 spiro atoms. The lowest BCUT2D eigenvalue weighted by atomic mass is 9.87. The number of allylic oxidation sites excluding steroid dienone is 2.